The molecule has 5 heteroatoms. The van der Waals surface area contributed by atoms with Gasteiger partial charge in [0.05, 0.1) is 5.54 Å². The fourth-order valence-corrected chi connectivity index (χ4v) is 5.22. The second-order valence-electron chi connectivity index (χ2n) is 9.71. The van der Waals surface area contributed by atoms with Crippen LogP contribution in [0.1, 0.15) is 61.8 Å². The quantitative estimate of drug-likeness (QED) is 0.814. The van der Waals surface area contributed by atoms with Gasteiger partial charge in [0.1, 0.15) is 6.61 Å². The molecule has 3 aliphatic rings. The van der Waals surface area contributed by atoms with E-state index in [0.29, 0.717) is 12.0 Å². The first-order chi connectivity index (χ1) is 14.5. The summed E-state index contributed by atoms with van der Waals surface area (Å²) in [4.78, 5) is 9.68. The van der Waals surface area contributed by atoms with Crippen molar-refractivity contribution in [3.05, 3.63) is 53.2 Å². The maximum absolute atomic E-state index is 6.27. The third-order valence-electron chi connectivity index (χ3n) is 7.28. The molecule has 1 saturated heterocycles. The fraction of sp³-hybridized carbons (Fsp3) is 0.560. The summed E-state index contributed by atoms with van der Waals surface area (Å²) < 4.78 is 6.27. The number of nitrogens with one attached hydrogen (secondary N) is 1. The summed E-state index contributed by atoms with van der Waals surface area (Å²) >= 11 is 0. The van der Waals surface area contributed by atoms with Gasteiger partial charge >= 0.3 is 0 Å². The molecule has 0 bridgehead atoms. The van der Waals surface area contributed by atoms with Crippen LogP contribution >= 0.6 is 0 Å². The summed E-state index contributed by atoms with van der Waals surface area (Å²) in [6.45, 7) is 9.45. The number of nitrogens with zero attached hydrogens (tertiary/aromatic N) is 3. The van der Waals surface area contributed by atoms with Gasteiger partial charge in [-0.1, -0.05) is 38.1 Å². The van der Waals surface area contributed by atoms with Crippen molar-refractivity contribution >= 4 is 5.82 Å². The molecule has 2 fully saturated rings. The van der Waals surface area contributed by atoms with Crippen LogP contribution in [0.2, 0.25) is 0 Å². The Morgan fingerprint density at radius 2 is 2.03 bits per heavy atom. The Balaban J connectivity index is 1.35. The van der Waals surface area contributed by atoms with E-state index in [2.05, 4.69) is 71.3 Å². The van der Waals surface area contributed by atoms with Crippen molar-refractivity contribution in [1.82, 2.24) is 14.8 Å². The molecule has 1 spiro atoms. The van der Waals surface area contributed by atoms with Crippen LogP contribution in [0, 0.1) is 0 Å². The normalized spacial score (nSPS) is 23.5. The Morgan fingerprint density at radius 1 is 1.20 bits per heavy atom. The number of hydrogen-bond donors (Lipinski definition) is 1. The van der Waals surface area contributed by atoms with E-state index in [1.165, 1.54) is 36.0 Å². The van der Waals surface area contributed by atoms with Crippen LogP contribution in [0.4, 0.5) is 5.82 Å². The Hall–Kier alpha value is -2.11. The second kappa shape index (κ2) is 7.86. The van der Waals surface area contributed by atoms with Crippen LogP contribution in [0.5, 0.6) is 5.75 Å². The lowest BCUT2D eigenvalue weighted by atomic mass is 9.77. The number of likely N-dealkylation sites (N-methyl/N-ethyl adjacent to an activating group) is 1. The molecule has 1 aliphatic carbocycles. The van der Waals surface area contributed by atoms with Crippen LogP contribution in [-0.4, -0.2) is 53.6 Å². The lowest BCUT2D eigenvalue weighted by Gasteiger charge is -2.46. The van der Waals surface area contributed by atoms with E-state index in [1.54, 1.807) is 0 Å². The van der Waals surface area contributed by atoms with Gasteiger partial charge in [-0.05, 0) is 49.4 Å². The molecule has 2 aliphatic heterocycles. The van der Waals surface area contributed by atoms with Crippen molar-refractivity contribution in [2.24, 2.45) is 0 Å². The molecular weight excluding hydrogens is 372 g/mol. The van der Waals surface area contributed by atoms with Crippen molar-refractivity contribution in [2.75, 3.05) is 38.6 Å². The SMILES string of the molecule is CC(C)c1ccccc1C1CN(Cc2ccnc3c2OCC2(CCC2)N3)CCN1C. The molecule has 30 heavy (non-hydrogen) atoms. The predicted molar refractivity (Wildman–Crippen MR) is 121 cm³/mol. The highest BCUT2D eigenvalue weighted by Gasteiger charge is 2.42. The van der Waals surface area contributed by atoms with Gasteiger partial charge in [0.25, 0.3) is 0 Å². The maximum atomic E-state index is 6.27. The van der Waals surface area contributed by atoms with E-state index >= 15 is 0 Å². The van der Waals surface area contributed by atoms with Gasteiger partial charge in [0.2, 0.25) is 0 Å². The average molecular weight is 407 g/mol. The number of aromatic nitrogens is 1. The minimum atomic E-state index is 0.137. The smallest absolute Gasteiger partial charge is 0.169 e. The third-order valence-corrected chi connectivity index (χ3v) is 7.28. The van der Waals surface area contributed by atoms with Gasteiger partial charge in [0, 0.05) is 44.0 Å². The Kier molecular flexibility index (Phi) is 5.19. The van der Waals surface area contributed by atoms with E-state index in [1.807, 2.05) is 6.20 Å². The number of fused-ring (bicyclic) bond motifs is 1. The monoisotopic (exact) mass is 406 g/mol. The molecule has 0 radical (unpaired) electrons. The molecule has 1 atom stereocenters. The van der Waals surface area contributed by atoms with Crippen LogP contribution < -0.4 is 10.1 Å². The van der Waals surface area contributed by atoms with Gasteiger partial charge in [-0.2, -0.15) is 0 Å². The summed E-state index contributed by atoms with van der Waals surface area (Å²) in [6.07, 6.45) is 5.59. The van der Waals surface area contributed by atoms with E-state index in [-0.39, 0.29) is 5.54 Å². The molecular formula is C25H34N4O. The first-order valence-electron chi connectivity index (χ1n) is 11.4. The van der Waals surface area contributed by atoms with E-state index in [9.17, 15) is 0 Å². The Bertz CT molecular complexity index is 908. The Morgan fingerprint density at radius 3 is 2.80 bits per heavy atom. The van der Waals surface area contributed by atoms with Crippen molar-refractivity contribution in [3.8, 4) is 5.75 Å². The highest BCUT2D eigenvalue weighted by molar-refractivity contribution is 5.58. The number of pyridine rings is 1. The Labute approximate surface area is 180 Å². The van der Waals surface area contributed by atoms with Gasteiger partial charge in [-0.15, -0.1) is 0 Å². The van der Waals surface area contributed by atoms with Crippen molar-refractivity contribution in [3.63, 3.8) is 0 Å². The molecule has 1 unspecified atom stereocenters. The van der Waals surface area contributed by atoms with Crippen LogP contribution in [-0.2, 0) is 6.54 Å². The lowest BCUT2D eigenvalue weighted by molar-refractivity contribution is 0.0878. The molecule has 3 heterocycles. The van der Waals surface area contributed by atoms with Crippen LogP contribution in [0.25, 0.3) is 0 Å². The molecule has 5 rings (SSSR count). The van der Waals surface area contributed by atoms with Gasteiger partial charge in [-0.25, -0.2) is 4.98 Å². The molecule has 1 aromatic carbocycles. The predicted octanol–water partition coefficient (Wildman–Crippen LogP) is 4.42. The third kappa shape index (κ3) is 3.58. The maximum Gasteiger partial charge on any atom is 0.169 e. The number of benzene rings is 1. The molecule has 160 valence electrons. The summed E-state index contributed by atoms with van der Waals surface area (Å²) in [5.74, 6) is 2.44. The van der Waals surface area contributed by atoms with Crippen molar-refractivity contribution in [2.45, 2.75) is 57.2 Å². The number of rotatable bonds is 4. The molecule has 1 N–H and O–H groups in total. The highest BCUT2D eigenvalue weighted by atomic mass is 16.5. The van der Waals surface area contributed by atoms with Crippen molar-refractivity contribution in [1.29, 1.82) is 0 Å². The summed E-state index contributed by atoms with van der Waals surface area (Å²) in [6, 6.07) is 11.5. The zero-order valence-electron chi connectivity index (χ0n) is 18.5. The van der Waals surface area contributed by atoms with E-state index < -0.39 is 0 Å². The summed E-state index contributed by atoms with van der Waals surface area (Å²) in [5.41, 5.74) is 4.33. The largest absolute Gasteiger partial charge is 0.487 e. The second-order valence-corrected chi connectivity index (χ2v) is 9.71. The standard InChI is InChI=1S/C25H34N4O/c1-18(2)20-7-4-5-8-21(20)22-16-29(14-13-28(22)3)15-19-9-12-26-24-23(19)30-17-25(27-24)10-6-11-25/h4-5,7-9,12,18,22H,6,10-11,13-17H2,1-3H3,(H,26,27). The van der Waals surface area contributed by atoms with E-state index in [0.717, 1.165) is 44.4 Å². The molecule has 0 amide bonds. The topological polar surface area (TPSA) is 40.6 Å². The van der Waals surface area contributed by atoms with Crippen molar-refractivity contribution < 1.29 is 4.74 Å². The first kappa shape index (κ1) is 19.8. The average Bonchev–Trinajstić information content (AvgIpc) is 2.74. The van der Waals surface area contributed by atoms with Crippen LogP contribution in [0.3, 0.4) is 0 Å². The molecule has 5 nitrogen and oxygen atoms in total. The minimum Gasteiger partial charge on any atom is -0.487 e. The van der Waals surface area contributed by atoms with Gasteiger partial charge < -0.3 is 10.1 Å². The summed E-state index contributed by atoms with van der Waals surface area (Å²) in [7, 11) is 2.26. The zero-order valence-corrected chi connectivity index (χ0v) is 18.5. The number of anilines is 1. The lowest BCUT2D eigenvalue weighted by Crippen LogP contribution is -2.52. The molecule has 1 aromatic heterocycles. The number of piperazine rings is 1. The highest BCUT2D eigenvalue weighted by Crippen LogP contribution is 2.43. The van der Waals surface area contributed by atoms with Gasteiger partial charge in [0.15, 0.2) is 11.6 Å². The molecule has 1 saturated carbocycles. The number of ether oxygens (including phenoxy) is 1. The first-order valence-corrected chi connectivity index (χ1v) is 11.4. The molecule has 2 aromatic rings. The van der Waals surface area contributed by atoms with Gasteiger partial charge in [-0.3, -0.25) is 9.80 Å². The fourth-order valence-electron chi connectivity index (χ4n) is 5.22. The number of hydrogen-bond acceptors (Lipinski definition) is 5. The van der Waals surface area contributed by atoms with E-state index in [4.69, 9.17) is 4.74 Å². The summed E-state index contributed by atoms with van der Waals surface area (Å²) in [5, 5.41) is 3.69. The minimum absolute atomic E-state index is 0.137. The zero-order chi connectivity index (χ0) is 20.7. The van der Waals surface area contributed by atoms with Crippen LogP contribution in [0.15, 0.2) is 36.5 Å².